The highest BCUT2D eigenvalue weighted by molar-refractivity contribution is 5.79. The SMILES string of the molecule is Cc1ccc2c(cnn2C2COCC2O)c1. The second-order valence-corrected chi connectivity index (χ2v) is 4.32. The van der Waals surface area contributed by atoms with E-state index in [9.17, 15) is 5.11 Å². The van der Waals surface area contributed by atoms with Gasteiger partial charge in [0.25, 0.3) is 0 Å². The molecule has 2 atom stereocenters. The summed E-state index contributed by atoms with van der Waals surface area (Å²) in [5, 5.41) is 15.2. The van der Waals surface area contributed by atoms with E-state index >= 15 is 0 Å². The first-order valence-corrected chi connectivity index (χ1v) is 5.45. The molecule has 1 aliphatic rings. The van der Waals surface area contributed by atoms with Gasteiger partial charge in [0.2, 0.25) is 0 Å². The molecule has 2 unspecified atom stereocenters. The van der Waals surface area contributed by atoms with Gasteiger partial charge in [-0.25, -0.2) is 0 Å². The average Bonchev–Trinajstić information content (AvgIpc) is 2.83. The zero-order chi connectivity index (χ0) is 11.1. The molecule has 1 aliphatic heterocycles. The Bertz CT molecular complexity index is 521. The van der Waals surface area contributed by atoms with Crippen LogP contribution >= 0.6 is 0 Å². The number of nitrogens with zero attached hydrogens (tertiary/aromatic N) is 2. The van der Waals surface area contributed by atoms with Crippen LogP contribution in [0, 0.1) is 6.92 Å². The van der Waals surface area contributed by atoms with Crippen LogP contribution in [0.25, 0.3) is 10.9 Å². The number of hydrogen-bond acceptors (Lipinski definition) is 3. The molecule has 2 heterocycles. The summed E-state index contributed by atoms with van der Waals surface area (Å²) in [6, 6.07) is 6.15. The van der Waals surface area contributed by atoms with Crippen LogP contribution in [-0.4, -0.2) is 34.2 Å². The molecule has 2 aromatic rings. The van der Waals surface area contributed by atoms with Crippen molar-refractivity contribution in [3.63, 3.8) is 0 Å². The van der Waals surface area contributed by atoms with E-state index in [2.05, 4.69) is 24.2 Å². The van der Waals surface area contributed by atoms with Gasteiger partial charge in [0, 0.05) is 5.39 Å². The minimum atomic E-state index is -0.454. The molecule has 0 radical (unpaired) electrons. The van der Waals surface area contributed by atoms with E-state index in [-0.39, 0.29) is 6.04 Å². The second kappa shape index (κ2) is 3.57. The molecular weight excluding hydrogens is 204 g/mol. The van der Waals surface area contributed by atoms with Crippen LogP contribution in [0.2, 0.25) is 0 Å². The zero-order valence-corrected chi connectivity index (χ0v) is 9.13. The highest BCUT2D eigenvalue weighted by atomic mass is 16.5. The van der Waals surface area contributed by atoms with Crippen LogP contribution < -0.4 is 0 Å². The topological polar surface area (TPSA) is 47.3 Å². The smallest absolute Gasteiger partial charge is 0.104 e. The van der Waals surface area contributed by atoms with Crippen molar-refractivity contribution in [3.8, 4) is 0 Å². The Hall–Kier alpha value is -1.39. The molecule has 4 nitrogen and oxygen atoms in total. The van der Waals surface area contributed by atoms with Crippen LogP contribution in [0.3, 0.4) is 0 Å². The van der Waals surface area contributed by atoms with Gasteiger partial charge in [0.1, 0.15) is 12.1 Å². The number of rotatable bonds is 1. The number of aryl methyl sites for hydroxylation is 1. The monoisotopic (exact) mass is 218 g/mol. The molecule has 1 aromatic heterocycles. The summed E-state index contributed by atoms with van der Waals surface area (Å²) in [4.78, 5) is 0. The number of aliphatic hydroxyl groups is 1. The van der Waals surface area contributed by atoms with Crippen molar-refractivity contribution in [2.24, 2.45) is 0 Å². The maximum atomic E-state index is 9.79. The Labute approximate surface area is 93.4 Å². The van der Waals surface area contributed by atoms with Gasteiger partial charge in [0.15, 0.2) is 0 Å². The fourth-order valence-electron chi connectivity index (χ4n) is 2.20. The third-order valence-electron chi connectivity index (χ3n) is 3.09. The number of ether oxygens (including phenoxy) is 1. The number of hydrogen-bond donors (Lipinski definition) is 1. The molecule has 1 N–H and O–H groups in total. The highest BCUT2D eigenvalue weighted by Crippen LogP contribution is 2.24. The molecule has 0 saturated carbocycles. The molecular formula is C12H14N2O2. The molecule has 4 heteroatoms. The van der Waals surface area contributed by atoms with E-state index in [1.165, 1.54) is 5.56 Å². The predicted molar refractivity (Wildman–Crippen MR) is 60.3 cm³/mol. The first-order valence-electron chi connectivity index (χ1n) is 5.45. The van der Waals surface area contributed by atoms with Gasteiger partial charge in [-0.3, -0.25) is 4.68 Å². The first kappa shape index (κ1) is 9.81. The van der Waals surface area contributed by atoms with E-state index in [1.807, 2.05) is 16.9 Å². The molecule has 1 fully saturated rings. The van der Waals surface area contributed by atoms with Gasteiger partial charge in [0.05, 0.1) is 24.9 Å². The molecule has 0 spiro atoms. The molecule has 0 aliphatic carbocycles. The quantitative estimate of drug-likeness (QED) is 0.784. The van der Waals surface area contributed by atoms with Crippen molar-refractivity contribution >= 4 is 10.9 Å². The van der Waals surface area contributed by atoms with Crippen molar-refractivity contribution in [3.05, 3.63) is 30.0 Å². The first-order chi connectivity index (χ1) is 7.75. The van der Waals surface area contributed by atoms with E-state index in [4.69, 9.17) is 4.74 Å². The Morgan fingerprint density at radius 1 is 1.44 bits per heavy atom. The van der Waals surface area contributed by atoms with Crippen LogP contribution in [0.5, 0.6) is 0 Å². The van der Waals surface area contributed by atoms with Gasteiger partial charge in [-0.2, -0.15) is 5.10 Å². The summed E-state index contributed by atoms with van der Waals surface area (Å²) in [5.41, 5.74) is 2.27. The number of benzene rings is 1. The van der Waals surface area contributed by atoms with Gasteiger partial charge in [-0.1, -0.05) is 11.6 Å². The van der Waals surface area contributed by atoms with E-state index in [1.54, 1.807) is 0 Å². The lowest BCUT2D eigenvalue weighted by molar-refractivity contribution is 0.118. The summed E-state index contributed by atoms with van der Waals surface area (Å²) in [5.74, 6) is 0. The van der Waals surface area contributed by atoms with E-state index in [0.717, 1.165) is 10.9 Å². The minimum absolute atomic E-state index is 0.0554. The lowest BCUT2D eigenvalue weighted by Crippen LogP contribution is -2.22. The molecule has 1 aromatic carbocycles. The average molecular weight is 218 g/mol. The van der Waals surface area contributed by atoms with Crippen molar-refractivity contribution in [1.29, 1.82) is 0 Å². The summed E-state index contributed by atoms with van der Waals surface area (Å²) in [6.45, 7) is 2.99. The van der Waals surface area contributed by atoms with Crippen LogP contribution in [0.15, 0.2) is 24.4 Å². The fourth-order valence-corrected chi connectivity index (χ4v) is 2.20. The van der Waals surface area contributed by atoms with E-state index < -0.39 is 6.10 Å². The molecule has 0 amide bonds. The van der Waals surface area contributed by atoms with Crippen LogP contribution in [0.1, 0.15) is 11.6 Å². The number of aromatic nitrogens is 2. The second-order valence-electron chi connectivity index (χ2n) is 4.32. The Morgan fingerprint density at radius 3 is 3.06 bits per heavy atom. The highest BCUT2D eigenvalue weighted by Gasteiger charge is 2.29. The van der Waals surface area contributed by atoms with Crippen LogP contribution in [0.4, 0.5) is 0 Å². The Morgan fingerprint density at radius 2 is 2.31 bits per heavy atom. The van der Waals surface area contributed by atoms with Crippen LogP contribution in [-0.2, 0) is 4.74 Å². The maximum Gasteiger partial charge on any atom is 0.104 e. The summed E-state index contributed by atoms with van der Waals surface area (Å²) in [6.07, 6.45) is 1.39. The molecule has 1 saturated heterocycles. The number of fused-ring (bicyclic) bond motifs is 1. The normalized spacial score (nSPS) is 25.4. The lowest BCUT2D eigenvalue weighted by atomic mass is 10.1. The maximum absolute atomic E-state index is 9.79. The van der Waals surface area contributed by atoms with Gasteiger partial charge in [-0.05, 0) is 19.1 Å². The summed E-state index contributed by atoms with van der Waals surface area (Å²) in [7, 11) is 0. The minimum Gasteiger partial charge on any atom is -0.388 e. The van der Waals surface area contributed by atoms with Crippen molar-refractivity contribution in [1.82, 2.24) is 9.78 Å². The molecule has 3 rings (SSSR count). The van der Waals surface area contributed by atoms with Gasteiger partial charge < -0.3 is 9.84 Å². The number of aliphatic hydroxyl groups excluding tert-OH is 1. The Balaban J connectivity index is 2.10. The van der Waals surface area contributed by atoms with Crippen molar-refractivity contribution < 1.29 is 9.84 Å². The Kier molecular flexibility index (Phi) is 2.19. The molecule has 84 valence electrons. The summed E-state index contributed by atoms with van der Waals surface area (Å²) >= 11 is 0. The molecule has 16 heavy (non-hydrogen) atoms. The predicted octanol–water partition coefficient (Wildman–Crippen LogP) is 1.28. The standard InChI is InChI=1S/C12H14N2O2/c1-8-2-3-10-9(4-8)5-13-14(10)11-6-16-7-12(11)15/h2-5,11-12,15H,6-7H2,1H3. The lowest BCUT2D eigenvalue weighted by Gasteiger charge is -2.14. The fraction of sp³-hybridized carbons (Fsp3) is 0.417. The van der Waals surface area contributed by atoms with Gasteiger partial charge in [-0.15, -0.1) is 0 Å². The van der Waals surface area contributed by atoms with Crippen molar-refractivity contribution in [2.75, 3.05) is 13.2 Å². The third kappa shape index (κ3) is 1.42. The largest absolute Gasteiger partial charge is 0.388 e. The third-order valence-corrected chi connectivity index (χ3v) is 3.09. The van der Waals surface area contributed by atoms with Gasteiger partial charge >= 0.3 is 0 Å². The zero-order valence-electron chi connectivity index (χ0n) is 9.13. The molecule has 0 bridgehead atoms. The van der Waals surface area contributed by atoms with E-state index in [0.29, 0.717) is 13.2 Å². The summed E-state index contributed by atoms with van der Waals surface area (Å²) < 4.78 is 7.12. The van der Waals surface area contributed by atoms with Crippen molar-refractivity contribution in [2.45, 2.75) is 19.1 Å².